The second-order valence-corrected chi connectivity index (χ2v) is 5.62. The standard InChI is InChI=1S/C17H17Cl2NO2/c1-2-3-10-22-16-7-5-4-6-13(16)17(21)20-15-11-12(18)8-9-14(15)19/h4-9,11H,2-3,10H2,1H3,(H,20,21). The first-order valence-corrected chi connectivity index (χ1v) is 7.85. The van der Waals surface area contributed by atoms with E-state index in [0.29, 0.717) is 33.7 Å². The average Bonchev–Trinajstić information content (AvgIpc) is 2.51. The van der Waals surface area contributed by atoms with Crippen molar-refractivity contribution < 1.29 is 9.53 Å². The van der Waals surface area contributed by atoms with Crippen molar-refractivity contribution in [1.29, 1.82) is 0 Å². The van der Waals surface area contributed by atoms with Gasteiger partial charge in [-0.25, -0.2) is 0 Å². The highest BCUT2D eigenvalue weighted by molar-refractivity contribution is 6.35. The molecule has 0 saturated carbocycles. The fourth-order valence-electron chi connectivity index (χ4n) is 1.89. The van der Waals surface area contributed by atoms with E-state index in [1.807, 2.05) is 6.07 Å². The molecular formula is C17H17Cl2NO2. The van der Waals surface area contributed by atoms with E-state index in [1.54, 1.807) is 36.4 Å². The van der Waals surface area contributed by atoms with Gasteiger partial charge in [-0.1, -0.05) is 48.7 Å². The molecule has 0 aliphatic carbocycles. The van der Waals surface area contributed by atoms with E-state index >= 15 is 0 Å². The van der Waals surface area contributed by atoms with Crippen LogP contribution in [0.4, 0.5) is 5.69 Å². The quantitative estimate of drug-likeness (QED) is 0.714. The van der Waals surface area contributed by atoms with Crippen LogP contribution in [0, 0.1) is 0 Å². The number of carbonyl (C=O) groups excluding carboxylic acids is 1. The number of anilines is 1. The van der Waals surface area contributed by atoms with E-state index in [-0.39, 0.29) is 5.91 Å². The zero-order chi connectivity index (χ0) is 15.9. The molecule has 0 unspecified atom stereocenters. The molecule has 0 radical (unpaired) electrons. The van der Waals surface area contributed by atoms with E-state index in [1.165, 1.54) is 0 Å². The van der Waals surface area contributed by atoms with Crippen molar-refractivity contribution in [1.82, 2.24) is 0 Å². The van der Waals surface area contributed by atoms with Gasteiger partial charge in [0.2, 0.25) is 0 Å². The third-order valence-corrected chi connectivity index (χ3v) is 3.63. The van der Waals surface area contributed by atoms with Gasteiger partial charge in [0.15, 0.2) is 0 Å². The lowest BCUT2D eigenvalue weighted by atomic mass is 10.2. The number of benzene rings is 2. The summed E-state index contributed by atoms with van der Waals surface area (Å²) in [4.78, 5) is 12.4. The third kappa shape index (κ3) is 4.39. The molecule has 0 aliphatic rings. The van der Waals surface area contributed by atoms with Crippen molar-refractivity contribution in [2.24, 2.45) is 0 Å². The van der Waals surface area contributed by atoms with Gasteiger partial charge in [-0.15, -0.1) is 0 Å². The molecule has 3 nitrogen and oxygen atoms in total. The summed E-state index contributed by atoms with van der Waals surface area (Å²) in [5.41, 5.74) is 0.942. The van der Waals surface area contributed by atoms with Gasteiger partial charge in [-0.3, -0.25) is 4.79 Å². The molecule has 0 fully saturated rings. The Labute approximate surface area is 140 Å². The normalized spacial score (nSPS) is 10.3. The average molecular weight is 338 g/mol. The fraction of sp³-hybridized carbons (Fsp3) is 0.235. The monoisotopic (exact) mass is 337 g/mol. The Kier molecular flexibility index (Phi) is 6.10. The lowest BCUT2D eigenvalue weighted by Crippen LogP contribution is -2.14. The smallest absolute Gasteiger partial charge is 0.259 e. The minimum atomic E-state index is -0.281. The van der Waals surface area contributed by atoms with E-state index in [4.69, 9.17) is 27.9 Å². The number of carbonyl (C=O) groups is 1. The van der Waals surface area contributed by atoms with Gasteiger partial charge < -0.3 is 10.1 Å². The minimum absolute atomic E-state index is 0.281. The number of hydrogen-bond acceptors (Lipinski definition) is 2. The number of nitrogens with one attached hydrogen (secondary N) is 1. The first-order valence-electron chi connectivity index (χ1n) is 7.10. The van der Waals surface area contributed by atoms with Crippen molar-refractivity contribution in [3.05, 3.63) is 58.1 Å². The van der Waals surface area contributed by atoms with E-state index in [0.717, 1.165) is 12.8 Å². The summed E-state index contributed by atoms with van der Waals surface area (Å²) in [6.07, 6.45) is 1.97. The topological polar surface area (TPSA) is 38.3 Å². The molecule has 0 aliphatic heterocycles. The van der Waals surface area contributed by atoms with Gasteiger partial charge in [0, 0.05) is 5.02 Å². The Morgan fingerprint density at radius 1 is 1.18 bits per heavy atom. The van der Waals surface area contributed by atoms with Crippen molar-refractivity contribution in [3.63, 3.8) is 0 Å². The van der Waals surface area contributed by atoms with Gasteiger partial charge in [-0.2, -0.15) is 0 Å². The number of hydrogen-bond donors (Lipinski definition) is 1. The Bertz CT molecular complexity index is 659. The molecule has 2 rings (SSSR count). The SMILES string of the molecule is CCCCOc1ccccc1C(=O)Nc1cc(Cl)ccc1Cl. The summed E-state index contributed by atoms with van der Waals surface area (Å²) in [6.45, 7) is 2.67. The second kappa shape index (κ2) is 8.06. The first kappa shape index (κ1) is 16.7. The van der Waals surface area contributed by atoms with Crippen molar-refractivity contribution in [2.75, 3.05) is 11.9 Å². The summed E-state index contributed by atoms with van der Waals surface area (Å²) in [6, 6.07) is 12.1. The molecule has 0 saturated heterocycles. The van der Waals surface area contributed by atoms with E-state index in [2.05, 4.69) is 12.2 Å². The van der Waals surface area contributed by atoms with Crippen LogP contribution in [0.3, 0.4) is 0 Å². The minimum Gasteiger partial charge on any atom is -0.493 e. The molecule has 0 aromatic heterocycles. The van der Waals surface area contributed by atoms with Crippen LogP contribution in [0.2, 0.25) is 10.0 Å². The summed E-state index contributed by atoms with van der Waals surface area (Å²) in [5, 5.41) is 3.70. The van der Waals surface area contributed by atoms with Gasteiger partial charge in [0.05, 0.1) is 22.9 Å². The number of para-hydroxylation sites is 1. The van der Waals surface area contributed by atoms with Crippen LogP contribution in [0.1, 0.15) is 30.1 Å². The molecule has 2 aromatic carbocycles. The van der Waals surface area contributed by atoms with E-state index in [9.17, 15) is 4.79 Å². The highest BCUT2D eigenvalue weighted by Crippen LogP contribution is 2.27. The Morgan fingerprint density at radius 3 is 2.73 bits per heavy atom. The zero-order valence-corrected chi connectivity index (χ0v) is 13.7. The number of unbranched alkanes of at least 4 members (excludes halogenated alkanes) is 1. The molecule has 22 heavy (non-hydrogen) atoms. The summed E-state index contributed by atoms with van der Waals surface area (Å²) in [7, 11) is 0. The van der Waals surface area contributed by atoms with Crippen LogP contribution in [0.5, 0.6) is 5.75 Å². The van der Waals surface area contributed by atoms with Crippen LogP contribution >= 0.6 is 23.2 Å². The van der Waals surface area contributed by atoms with Crippen molar-refractivity contribution in [3.8, 4) is 5.75 Å². The molecule has 1 N–H and O–H groups in total. The number of ether oxygens (including phenoxy) is 1. The van der Waals surface area contributed by atoms with Crippen LogP contribution in [0.25, 0.3) is 0 Å². The van der Waals surface area contributed by atoms with Crippen LogP contribution in [0.15, 0.2) is 42.5 Å². The maximum absolute atomic E-state index is 12.4. The molecule has 116 valence electrons. The number of rotatable bonds is 6. The zero-order valence-electron chi connectivity index (χ0n) is 12.2. The Hall–Kier alpha value is -1.71. The highest BCUT2D eigenvalue weighted by atomic mass is 35.5. The second-order valence-electron chi connectivity index (χ2n) is 4.78. The molecule has 5 heteroatoms. The molecule has 0 bridgehead atoms. The van der Waals surface area contributed by atoms with Crippen LogP contribution < -0.4 is 10.1 Å². The maximum atomic E-state index is 12.4. The van der Waals surface area contributed by atoms with Gasteiger partial charge >= 0.3 is 0 Å². The molecule has 0 heterocycles. The number of halogens is 2. The van der Waals surface area contributed by atoms with Gasteiger partial charge in [-0.05, 0) is 36.8 Å². The van der Waals surface area contributed by atoms with Gasteiger partial charge in [0.1, 0.15) is 5.75 Å². The third-order valence-electron chi connectivity index (χ3n) is 3.06. The number of amides is 1. The van der Waals surface area contributed by atoms with Crippen LogP contribution in [-0.2, 0) is 0 Å². The molecule has 2 aromatic rings. The summed E-state index contributed by atoms with van der Waals surface area (Å²) >= 11 is 12.0. The fourth-order valence-corrected chi connectivity index (χ4v) is 2.23. The lowest BCUT2D eigenvalue weighted by Gasteiger charge is -2.12. The van der Waals surface area contributed by atoms with Crippen molar-refractivity contribution in [2.45, 2.75) is 19.8 Å². The summed E-state index contributed by atoms with van der Waals surface area (Å²) in [5.74, 6) is 0.280. The summed E-state index contributed by atoms with van der Waals surface area (Å²) < 4.78 is 5.67. The lowest BCUT2D eigenvalue weighted by molar-refractivity contribution is 0.102. The van der Waals surface area contributed by atoms with Crippen molar-refractivity contribution >= 4 is 34.8 Å². The predicted octanol–water partition coefficient (Wildman–Crippen LogP) is 5.42. The largest absolute Gasteiger partial charge is 0.493 e. The highest BCUT2D eigenvalue weighted by Gasteiger charge is 2.14. The molecular weight excluding hydrogens is 321 g/mol. The first-order chi connectivity index (χ1) is 10.6. The molecule has 0 spiro atoms. The predicted molar refractivity (Wildman–Crippen MR) is 91.3 cm³/mol. The maximum Gasteiger partial charge on any atom is 0.259 e. The van der Waals surface area contributed by atoms with Gasteiger partial charge in [0.25, 0.3) is 5.91 Å². The Balaban J connectivity index is 2.17. The van der Waals surface area contributed by atoms with Crippen LogP contribution in [-0.4, -0.2) is 12.5 Å². The Morgan fingerprint density at radius 2 is 1.95 bits per heavy atom. The molecule has 1 amide bonds. The molecule has 0 atom stereocenters. The van der Waals surface area contributed by atoms with E-state index < -0.39 is 0 Å².